The van der Waals surface area contributed by atoms with Gasteiger partial charge in [-0.15, -0.1) is 0 Å². The minimum atomic E-state index is -0.243. The fourth-order valence-corrected chi connectivity index (χ4v) is 3.30. The molecule has 2 aliphatic heterocycles. The molecule has 0 aliphatic carbocycles. The van der Waals surface area contributed by atoms with Gasteiger partial charge in [-0.2, -0.15) is 0 Å². The van der Waals surface area contributed by atoms with Crippen molar-refractivity contribution in [2.75, 3.05) is 44.7 Å². The highest BCUT2D eigenvalue weighted by Gasteiger charge is 2.24. The van der Waals surface area contributed by atoms with Crippen LogP contribution in [0.4, 0.5) is 10.5 Å². The Morgan fingerprint density at radius 1 is 1.35 bits per heavy atom. The maximum atomic E-state index is 12.1. The highest BCUT2D eigenvalue weighted by Crippen LogP contribution is 2.30. The van der Waals surface area contributed by atoms with Crippen molar-refractivity contribution in [1.82, 2.24) is 20.9 Å². The third kappa shape index (κ3) is 4.13. The van der Waals surface area contributed by atoms with Crippen molar-refractivity contribution >= 4 is 23.5 Å². The molecule has 4 amide bonds. The van der Waals surface area contributed by atoms with Crippen LogP contribution in [0.1, 0.15) is 24.1 Å². The number of anilines is 1. The molecule has 26 heavy (non-hydrogen) atoms. The molecule has 0 bridgehead atoms. The number of nitrogens with zero attached hydrogens (tertiary/aromatic N) is 2. The van der Waals surface area contributed by atoms with Crippen LogP contribution >= 0.6 is 0 Å². The number of hydrogen-bond acceptors (Lipinski definition) is 4. The summed E-state index contributed by atoms with van der Waals surface area (Å²) in [5.41, 5.74) is 2.89. The first-order valence-electron chi connectivity index (χ1n) is 8.87. The highest BCUT2D eigenvalue weighted by molar-refractivity contribution is 6.00. The molecule has 1 unspecified atom stereocenters. The standard InChI is InChI=1S/C18H25N5O3/c1-12(13-3-4-15-14(9-13)10-17(25)22(15)2)21-18(26)20-6-8-23-7-5-19-16(24)11-23/h3-4,9,12H,5-8,10-11H2,1-2H3,(H,19,24)(H2,20,21,26). The molecule has 140 valence electrons. The van der Waals surface area contributed by atoms with E-state index in [9.17, 15) is 14.4 Å². The van der Waals surface area contributed by atoms with Crippen LogP contribution in [0.15, 0.2) is 18.2 Å². The van der Waals surface area contributed by atoms with Gasteiger partial charge in [-0.3, -0.25) is 14.5 Å². The highest BCUT2D eigenvalue weighted by atomic mass is 16.2. The average molecular weight is 359 g/mol. The summed E-state index contributed by atoms with van der Waals surface area (Å²) in [6.45, 7) is 4.86. The number of likely N-dealkylation sites (N-methyl/N-ethyl adjacent to an activating group) is 1. The molecule has 2 aliphatic rings. The lowest BCUT2D eigenvalue weighted by atomic mass is 10.0. The average Bonchev–Trinajstić information content (AvgIpc) is 2.88. The van der Waals surface area contributed by atoms with Crippen molar-refractivity contribution in [1.29, 1.82) is 0 Å². The van der Waals surface area contributed by atoms with Gasteiger partial charge in [0.25, 0.3) is 0 Å². The van der Waals surface area contributed by atoms with Gasteiger partial charge in [0.2, 0.25) is 11.8 Å². The number of amides is 4. The predicted molar refractivity (Wildman–Crippen MR) is 98.0 cm³/mol. The fourth-order valence-electron chi connectivity index (χ4n) is 3.30. The van der Waals surface area contributed by atoms with E-state index in [4.69, 9.17) is 0 Å². The molecule has 8 nitrogen and oxygen atoms in total. The monoisotopic (exact) mass is 359 g/mol. The second-order valence-electron chi connectivity index (χ2n) is 6.77. The predicted octanol–water partition coefficient (Wildman–Crippen LogP) is -0.00250. The Labute approximate surface area is 152 Å². The molecule has 2 heterocycles. The Hall–Kier alpha value is -2.61. The van der Waals surface area contributed by atoms with Crippen LogP contribution in [0, 0.1) is 0 Å². The van der Waals surface area contributed by atoms with Gasteiger partial charge < -0.3 is 20.9 Å². The van der Waals surface area contributed by atoms with Crippen molar-refractivity contribution < 1.29 is 14.4 Å². The molecule has 3 N–H and O–H groups in total. The molecular weight excluding hydrogens is 334 g/mol. The molecule has 0 aromatic heterocycles. The second kappa shape index (κ2) is 7.74. The van der Waals surface area contributed by atoms with Gasteiger partial charge in [0, 0.05) is 38.9 Å². The van der Waals surface area contributed by atoms with Gasteiger partial charge in [0.05, 0.1) is 19.0 Å². The first kappa shape index (κ1) is 18.2. The summed E-state index contributed by atoms with van der Waals surface area (Å²) in [6.07, 6.45) is 0.405. The van der Waals surface area contributed by atoms with E-state index in [2.05, 4.69) is 16.0 Å². The molecule has 1 saturated heterocycles. The van der Waals surface area contributed by atoms with E-state index in [1.807, 2.05) is 30.0 Å². The van der Waals surface area contributed by atoms with E-state index in [0.717, 1.165) is 23.4 Å². The van der Waals surface area contributed by atoms with E-state index in [1.54, 1.807) is 11.9 Å². The molecular formula is C18H25N5O3. The van der Waals surface area contributed by atoms with Crippen molar-refractivity contribution in [3.63, 3.8) is 0 Å². The minimum absolute atomic E-state index is 0.0232. The number of nitrogens with one attached hydrogen (secondary N) is 3. The molecule has 1 aromatic rings. The SMILES string of the molecule is CC(NC(=O)NCCN1CCNC(=O)C1)c1ccc2c(c1)CC(=O)N2C. The zero-order chi connectivity index (χ0) is 18.7. The third-order valence-corrected chi connectivity index (χ3v) is 4.86. The minimum Gasteiger partial charge on any atom is -0.354 e. The van der Waals surface area contributed by atoms with Crippen molar-refractivity contribution in [3.05, 3.63) is 29.3 Å². The van der Waals surface area contributed by atoms with E-state index >= 15 is 0 Å². The Morgan fingerprint density at radius 3 is 2.92 bits per heavy atom. The molecule has 0 radical (unpaired) electrons. The molecule has 0 spiro atoms. The Balaban J connectivity index is 1.46. The van der Waals surface area contributed by atoms with Crippen LogP contribution in [-0.4, -0.2) is 62.5 Å². The van der Waals surface area contributed by atoms with E-state index in [1.165, 1.54) is 0 Å². The number of urea groups is 1. The zero-order valence-corrected chi connectivity index (χ0v) is 15.2. The van der Waals surface area contributed by atoms with E-state index in [0.29, 0.717) is 32.6 Å². The number of carbonyl (C=O) groups is 3. The summed E-state index contributed by atoms with van der Waals surface area (Å²) in [7, 11) is 1.77. The summed E-state index contributed by atoms with van der Waals surface area (Å²) in [5.74, 6) is 0.108. The number of piperazine rings is 1. The van der Waals surface area contributed by atoms with Crippen molar-refractivity contribution in [2.24, 2.45) is 0 Å². The summed E-state index contributed by atoms with van der Waals surface area (Å²) in [6, 6.07) is 5.43. The lowest BCUT2D eigenvalue weighted by Crippen LogP contribution is -2.50. The maximum absolute atomic E-state index is 12.1. The fraction of sp³-hybridized carbons (Fsp3) is 0.500. The van der Waals surface area contributed by atoms with Gasteiger partial charge in [-0.05, 0) is 24.1 Å². The number of carbonyl (C=O) groups excluding carboxylic acids is 3. The zero-order valence-electron chi connectivity index (χ0n) is 15.2. The normalized spacial score (nSPS) is 18.3. The summed E-state index contributed by atoms with van der Waals surface area (Å²) in [5, 5.41) is 8.51. The van der Waals surface area contributed by atoms with Gasteiger partial charge in [-0.25, -0.2) is 4.79 Å². The van der Waals surface area contributed by atoms with E-state index < -0.39 is 0 Å². The third-order valence-electron chi connectivity index (χ3n) is 4.86. The van der Waals surface area contributed by atoms with Crippen LogP contribution in [0.5, 0.6) is 0 Å². The van der Waals surface area contributed by atoms with E-state index in [-0.39, 0.29) is 23.9 Å². The van der Waals surface area contributed by atoms with Crippen LogP contribution in [0.2, 0.25) is 0 Å². The van der Waals surface area contributed by atoms with Gasteiger partial charge in [0.1, 0.15) is 0 Å². The first-order chi connectivity index (χ1) is 12.4. The lowest BCUT2D eigenvalue weighted by molar-refractivity contribution is -0.124. The van der Waals surface area contributed by atoms with Crippen LogP contribution in [0.25, 0.3) is 0 Å². The largest absolute Gasteiger partial charge is 0.354 e. The number of benzene rings is 1. The van der Waals surface area contributed by atoms with Gasteiger partial charge >= 0.3 is 6.03 Å². The van der Waals surface area contributed by atoms with Gasteiger partial charge in [-0.1, -0.05) is 12.1 Å². The van der Waals surface area contributed by atoms with Crippen LogP contribution in [0.3, 0.4) is 0 Å². The maximum Gasteiger partial charge on any atom is 0.315 e. The molecule has 1 fully saturated rings. The summed E-state index contributed by atoms with van der Waals surface area (Å²) >= 11 is 0. The van der Waals surface area contributed by atoms with Crippen LogP contribution < -0.4 is 20.9 Å². The summed E-state index contributed by atoms with van der Waals surface area (Å²) in [4.78, 5) is 38.9. The molecule has 1 atom stereocenters. The Morgan fingerprint density at radius 2 is 2.15 bits per heavy atom. The molecule has 0 saturated carbocycles. The quantitative estimate of drug-likeness (QED) is 0.690. The first-order valence-corrected chi connectivity index (χ1v) is 8.87. The number of fused-ring (bicyclic) bond motifs is 1. The smallest absolute Gasteiger partial charge is 0.315 e. The number of rotatable bonds is 5. The lowest BCUT2D eigenvalue weighted by Gasteiger charge is -2.26. The van der Waals surface area contributed by atoms with Crippen molar-refractivity contribution in [3.8, 4) is 0 Å². The van der Waals surface area contributed by atoms with Crippen LogP contribution in [-0.2, 0) is 16.0 Å². The molecule has 8 heteroatoms. The second-order valence-corrected chi connectivity index (χ2v) is 6.77. The summed E-state index contributed by atoms with van der Waals surface area (Å²) < 4.78 is 0. The topological polar surface area (TPSA) is 93.8 Å². The molecule has 1 aromatic carbocycles. The molecule has 3 rings (SSSR count). The number of hydrogen-bond donors (Lipinski definition) is 3. The Kier molecular flexibility index (Phi) is 5.41. The van der Waals surface area contributed by atoms with Crippen molar-refractivity contribution in [2.45, 2.75) is 19.4 Å². The Bertz CT molecular complexity index is 721. The van der Waals surface area contributed by atoms with Gasteiger partial charge in [0.15, 0.2) is 0 Å².